The number of halogens is 3. The summed E-state index contributed by atoms with van der Waals surface area (Å²) in [6, 6.07) is 4.89. The predicted molar refractivity (Wildman–Crippen MR) is 122 cm³/mol. The Bertz CT molecular complexity index is 1800. The highest BCUT2D eigenvalue weighted by molar-refractivity contribution is 7.26. The van der Waals surface area contributed by atoms with Gasteiger partial charge >= 0.3 is 12.0 Å². The first-order valence-corrected chi connectivity index (χ1v) is 11.2. The zero-order valence-electron chi connectivity index (χ0n) is 18.4. The third kappa shape index (κ3) is 3.30. The Hall–Kier alpha value is -4.40. The van der Waals surface area contributed by atoms with Crippen LogP contribution in [0.25, 0.3) is 37.4 Å². The maximum atomic E-state index is 13.6. The van der Waals surface area contributed by atoms with E-state index in [2.05, 4.69) is 25.1 Å². The SMILES string of the molecule is Cc1cc([N+](=O)[O-])nn1[C@@H](C)c1nc2c3sc4nc(C(F)(F)F)cc(-c5ccco5)c4c3ncn2n1. The van der Waals surface area contributed by atoms with Crippen LogP contribution in [-0.2, 0) is 6.18 Å². The van der Waals surface area contributed by atoms with E-state index in [1.807, 2.05) is 0 Å². The highest BCUT2D eigenvalue weighted by atomic mass is 32.1. The molecule has 11 nitrogen and oxygen atoms in total. The van der Waals surface area contributed by atoms with E-state index in [0.717, 1.165) is 17.4 Å². The number of rotatable bonds is 4. The Morgan fingerprint density at radius 1 is 1.22 bits per heavy atom. The second-order valence-corrected chi connectivity index (χ2v) is 8.99. The lowest BCUT2D eigenvalue weighted by molar-refractivity contribution is -0.389. The maximum absolute atomic E-state index is 13.6. The number of thiophene rings is 1. The topological polar surface area (TPSA) is 130 Å². The molecule has 0 aliphatic heterocycles. The van der Waals surface area contributed by atoms with Gasteiger partial charge in [0.1, 0.15) is 33.4 Å². The van der Waals surface area contributed by atoms with Gasteiger partial charge < -0.3 is 14.5 Å². The van der Waals surface area contributed by atoms with Gasteiger partial charge in [-0.1, -0.05) is 0 Å². The van der Waals surface area contributed by atoms with E-state index in [1.54, 1.807) is 26.0 Å². The molecule has 15 heteroatoms. The van der Waals surface area contributed by atoms with Crippen molar-refractivity contribution >= 4 is 43.2 Å². The third-order valence-corrected chi connectivity index (χ3v) is 6.77. The van der Waals surface area contributed by atoms with E-state index in [4.69, 9.17) is 4.42 Å². The number of nitrogens with zero attached hydrogens (tertiary/aromatic N) is 8. The third-order valence-electron chi connectivity index (χ3n) is 5.70. The fraction of sp³-hybridized carbons (Fsp3) is 0.190. The first-order valence-electron chi connectivity index (χ1n) is 10.4. The molecule has 182 valence electrons. The van der Waals surface area contributed by atoms with Crippen LogP contribution in [-0.4, -0.2) is 39.3 Å². The van der Waals surface area contributed by atoms with Crippen LogP contribution < -0.4 is 0 Å². The van der Waals surface area contributed by atoms with E-state index in [9.17, 15) is 23.3 Å². The minimum absolute atomic E-state index is 0.128. The standard InChI is InChI=1S/C21H13F3N8O3S/c1-9-6-14(32(33)34)28-31(9)10(2)18-27-19-17-16(25-8-30(19)29-18)15-11(12-4-3-5-35-12)7-13(21(22,23)24)26-20(15)36-17/h3-8,10H,1-2H3/t10-/m0/s1. The molecule has 0 aliphatic rings. The second kappa shape index (κ2) is 7.55. The van der Waals surface area contributed by atoms with Crippen molar-refractivity contribution in [2.75, 3.05) is 0 Å². The smallest absolute Gasteiger partial charge is 0.433 e. The molecule has 0 aromatic carbocycles. The molecule has 1 atom stereocenters. The van der Waals surface area contributed by atoms with E-state index < -0.39 is 22.8 Å². The summed E-state index contributed by atoms with van der Waals surface area (Å²) in [5.41, 5.74) is 0.490. The van der Waals surface area contributed by atoms with Crippen molar-refractivity contribution in [3.63, 3.8) is 0 Å². The Morgan fingerprint density at radius 2 is 2.03 bits per heavy atom. The van der Waals surface area contributed by atoms with Gasteiger partial charge in [-0.25, -0.2) is 19.5 Å². The fourth-order valence-corrected chi connectivity index (χ4v) is 5.18. The maximum Gasteiger partial charge on any atom is 0.433 e. The lowest BCUT2D eigenvalue weighted by Crippen LogP contribution is -2.12. The highest BCUT2D eigenvalue weighted by Gasteiger charge is 2.35. The van der Waals surface area contributed by atoms with Crippen molar-refractivity contribution < 1.29 is 22.5 Å². The van der Waals surface area contributed by atoms with E-state index in [-0.39, 0.29) is 22.0 Å². The molecule has 0 spiro atoms. The van der Waals surface area contributed by atoms with Crippen LogP contribution in [0.15, 0.2) is 41.3 Å². The van der Waals surface area contributed by atoms with Crippen molar-refractivity contribution in [2.24, 2.45) is 0 Å². The Balaban J connectivity index is 1.57. The minimum atomic E-state index is -4.66. The summed E-state index contributed by atoms with van der Waals surface area (Å²) in [5.74, 6) is 0.257. The van der Waals surface area contributed by atoms with Gasteiger partial charge in [0, 0.05) is 10.9 Å². The van der Waals surface area contributed by atoms with Gasteiger partial charge in [-0.15, -0.1) is 16.4 Å². The zero-order valence-corrected chi connectivity index (χ0v) is 19.2. The van der Waals surface area contributed by atoms with E-state index >= 15 is 0 Å². The zero-order chi connectivity index (χ0) is 25.4. The van der Waals surface area contributed by atoms with E-state index in [0.29, 0.717) is 32.8 Å². The Morgan fingerprint density at radius 3 is 2.69 bits per heavy atom. The van der Waals surface area contributed by atoms with Crippen molar-refractivity contribution in [1.82, 2.24) is 34.3 Å². The second-order valence-electron chi connectivity index (χ2n) is 7.99. The molecule has 0 N–H and O–H groups in total. The number of fused-ring (bicyclic) bond motifs is 5. The summed E-state index contributed by atoms with van der Waals surface area (Å²) < 4.78 is 49.6. The molecule has 0 fully saturated rings. The average molecular weight is 514 g/mol. The number of pyridine rings is 1. The quantitative estimate of drug-likeness (QED) is 0.232. The van der Waals surface area contributed by atoms with Crippen LogP contribution in [0.2, 0.25) is 0 Å². The number of nitro groups is 1. The number of hydrogen-bond acceptors (Lipinski definition) is 9. The fourth-order valence-electron chi connectivity index (χ4n) is 4.06. The largest absolute Gasteiger partial charge is 0.464 e. The summed E-state index contributed by atoms with van der Waals surface area (Å²) in [4.78, 5) is 23.5. The molecule has 6 heterocycles. The van der Waals surface area contributed by atoms with Crippen molar-refractivity contribution in [3.8, 4) is 11.3 Å². The normalized spacial score (nSPS) is 13.2. The monoisotopic (exact) mass is 514 g/mol. The van der Waals surface area contributed by atoms with Crippen LogP contribution in [0, 0.1) is 17.0 Å². The lowest BCUT2D eigenvalue weighted by Gasteiger charge is -2.08. The number of hydrogen-bond donors (Lipinski definition) is 0. The Labute approximate surface area is 202 Å². The van der Waals surface area contributed by atoms with Crippen LogP contribution in [0.3, 0.4) is 0 Å². The first-order chi connectivity index (χ1) is 17.1. The Kier molecular flexibility index (Phi) is 4.63. The van der Waals surface area contributed by atoms with Gasteiger partial charge in [0.2, 0.25) is 0 Å². The molecule has 6 aromatic rings. The van der Waals surface area contributed by atoms with Crippen LogP contribution in [0.5, 0.6) is 0 Å². The van der Waals surface area contributed by atoms with Crippen molar-refractivity contribution in [1.29, 1.82) is 0 Å². The molecule has 6 rings (SSSR count). The van der Waals surface area contributed by atoms with Crippen molar-refractivity contribution in [2.45, 2.75) is 26.1 Å². The molecule has 0 bridgehead atoms. The van der Waals surface area contributed by atoms with Gasteiger partial charge in [-0.05, 0) is 37.0 Å². The minimum Gasteiger partial charge on any atom is -0.464 e. The lowest BCUT2D eigenvalue weighted by atomic mass is 10.1. The predicted octanol–water partition coefficient (Wildman–Crippen LogP) is 5.19. The molecule has 0 saturated heterocycles. The van der Waals surface area contributed by atoms with Gasteiger partial charge in [-0.2, -0.15) is 17.9 Å². The molecule has 0 radical (unpaired) electrons. The molecule has 36 heavy (non-hydrogen) atoms. The number of aromatic nitrogens is 7. The summed E-state index contributed by atoms with van der Waals surface area (Å²) >= 11 is 1.01. The van der Waals surface area contributed by atoms with Gasteiger partial charge in [0.15, 0.2) is 11.5 Å². The van der Waals surface area contributed by atoms with Crippen molar-refractivity contribution in [3.05, 3.63) is 64.2 Å². The van der Waals surface area contributed by atoms with Gasteiger partial charge in [0.25, 0.3) is 0 Å². The van der Waals surface area contributed by atoms with E-state index in [1.165, 1.54) is 27.9 Å². The summed E-state index contributed by atoms with van der Waals surface area (Å²) in [6.07, 6.45) is -1.87. The molecular formula is C21H13F3N8O3S. The summed E-state index contributed by atoms with van der Waals surface area (Å²) in [7, 11) is 0. The van der Waals surface area contributed by atoms with Crippen LogP contribution in [0.1, 0.15) is 30.2 Å². The molecule has 6 aromatic heterocycles. The highest BCUT2D eigenvalue weighted by Crippen LogP contribution is 2.42. The molecular weight excluding hydrogens is 501 g/mol. The van der Waals surface area contributed by atoms with Gasteiger partial charge in [0.05, 0.1) is 28.6 Å². The molecule has 0 saturated carbocycles. The summed E-state index contributed by atoms with van der Waals surface area (Å²) in [6.45, 7) is 3.42. The van der Waals surface area contributed by atoms with Gasteiger partial charge in [-0.3, -0.25) is 0 Å². The number of alkyl halides is 3. The summed E-state index contributed by atoms with van der Waals surface area (Å²) in [5, 5.41) is 20.0. The van der Waals surface area contributed by atoms with Crippen LogP contribution >= 0.6 is 11.3 Å². The number of aryl methyl sites for hydroxylation is 1. The average Bonchev–Trinajstić information content (AvgIpc) is 3.61. The number of furan rings is 1. The molecule has 0 amide bonds. The molecule has 0 aliphatic carbocycles. The first kappa shape index (κ1) is 22.1. The molecule has 0 unspecified atom stereocenters. The van der Waals surface area contributed by atoms with Crippen LogP contribution in [0.4, 0.5) is 19.0 Å².